The van der Waals surface area contributed by atoms with Gasteiger partial charge in [-0.15, -0.1) is 24.8 Å². The van der Waals surface area contributed by atoms with Crippen LogP contribution in [-0.4, -0.2) is 37.9 Å². The first-order chi connectivity index (χ1) is 15.3. The lowest BCUT2D eigenvalue weighted by Gasteiger charge is -2.18. The average molecular weight is 525 g/mol. The van der Waals surface area contributed by atoms with Crippen molar-refractivity contribution in [2.45, 2.75) is 57.3 Å². The van der Waals surface area contributed by atoms with E-state index in [1.165, 1.54) is 25.0 Å². The van der Waals surface area contributed by atoms with E-state index in [2.05, 4.69) is 10.6 Å². The molecule has 2 unspecified atom stereocenters. The highest BCUT2D eigenvalue weighted by Crippen LogP contribution is 2.30. The van der Waals surface area contributed by atoms with E-state index in [9.17, 15) is 18.3 Å². The predicted molar refractivity (Wildman–Crippen MR) is 136 cm³/mol. The third-order valence-corrected chi connectivity index (χ3v) is 5.31. The van der Waals surface area contributed by atoms with E-state index in [1.807, 2.05) is 38.2 Å². The maximum Gasteiger partial charge on any atom is 0.416 e. The van der Waals surface area contributed by atoms with Crippen molar-refractivity contribution in [1.82, 2.24) is 10.6 Å². The van der Waals surface area contributed by atoms with E-state index >= 15 is 0 Å². The van der Waals surface area contributed by atoms with Gasteiger partial charge in [0.05, 0.1) is 18.3 Å². The summed E-state index contributed by atoms with van der Waals surface area (Å²) < 4.78 is 44.3. The summed E-state index contributed by atoms with van der Waals surface area (Å²) in [7, 11) is 1.97. The van der Waals surface area contributed by atoms with Crippen molar-refractivity contribution in [3.63, 3.8) is 0 Å². The molecule has 2 aromatic carbocycles. The topological polar surface area (TPSA) is 53.5 Å². The molecular formula is C25H37Cl2F3N2O2. The SMILES string of the molecule is CNCCCCCCOc1ccc(CC(C)NCC(O)c2cccc(C(F)(F)F)c2)cc1.Cl.Cl. The van der Waals surface area contributed by atoms with Gasteiger partial charge in [-0.25, -0.2) is 0 Å². The molecule has 194 valence electrons. The molecule has 0 aliphatic rings. The Labute approximate surface area is 213 Å². The Kier molecular flexibility index (Phi) is 16.3. The van der Waals surface area contributed by atoms with Gasteiger partial charge in [0.25, 0.3) is 0 Å². The van der Waals surface area contributed by atoms with Crippen LogP contribution in [-0.2, 0) is 12.6 Å². The minimum Gasteiger partial charge on any atom is -0.494 e. The van der Waals surface area contributed by atoms with Gasteiger partial charge in [0, 0.05) is 12.6 Å². The van der Waals surface area contributed by atoms with Crippen LogP contribution in [0.25, 0.3) is 0 Å². The second kappa shape index (κ2) is 17.0. The molecule has 0 aliphatic carbocycles. The fourth-order valence-electron chi connectivity index (χ4n) is 3.45. The fraction of sp³-hybridized carbons (Fsp3) is 0.520. The van der Waals surface area contributed by atoms with Gasteiger partial charge in [0.15, 0.2) is 0 Å². The number of rotatable bonds is 14. The molecule has 2 aromatic rings. The number of aliphatic hydroxyl groups is 1. The van der Waals surface area contributed by atoms with Crippen LogP contribution in [0.4, 0.5) is 13.2 Å². The number of alkyl halides is 3. The number of benzene rings is 2. The Morgan fingerprint density at radius 2 is 1.65 bits per heavy atom. The Hall–Kier alpha value is -1.51. The predicted octanol–water partition coefficient (Wildman–Crippen LogP) is 5.96. The second-order valence-electron chi connectivity index (χ2n) is 8.16. The van der Waals surface area contributed by atoms with Gasteiger partial charge >= 0.3 is 6.18 Å². The third kappa shape index (κ3) is 12.3. The zero-order valence-corrected chi connectivity index (χ0v) is 21.4. The van der Waals surface area contributed by atoms with Gasteiger partial charge < -0.3 is 20.5 Å². The lowest BCUT2D eigenvalue weighted by Crippen LogP contribution is -2.32. The van der Waals surface area contributed by atoms with Gasteiger partial charge in [0.1, 0.15) is 5.75 Å². The molecule has 2 atom stereocenters. The first kappa shape index (κ1) is 32.5. The Morgan fingerprint density at radius 1 is 0.971 bits per heavy atom. The monoisotopic (exact) mass is 524 g/mol. The molecule has 2 rings (SSSR count). The van der Waals surface area contributed by atoms with Crippen LogP contribution in [0, 0.1) is 0 Å². The van der Waals surface area contributed by atoms with Gasteiger partial charge in [0.2, 0.25) is 0 Å². The molecular weight excluding hydrogens is 488 g/mol. The van der Waals surface area contributed by atoms with E-state index in [4.69, 9.17) is 4.74 Å². The average Bonchev–Trinajstić information content (AvgIpc) is 2.77. The molecule has 9 heteroatoms. The van der Waals surface area contributed by atoms with Crippen molar-refractivity contribution in [2.75, 3.05) is 26.7 Å². The zero-order valence-electron chi connectivity index (χ0n) is 19.7. The van der Waals surface area contributed by atoms with E-state index in [0.29, 0.717) is 6.61 Å². The van der Waals surface area contributed by atoms with Crippen LogP contribution < -0.4 is 15.4 Å². The van der Waals surface area contributed by atoms with Crippen molar-refractivity contribution in [3.05, 3.63) is 65.2 Å². The summed E-state index contributed by atoms with van der Waals surface area (Å²) in [6, 6.07) is 12.8. The van der Waals surface area contributed by atoms with Crippen LogP contribution >= 0.6 is 24.8 Å². The van der Waals surface area contributed by atoms with E-state index in [1.54, 1.807) is 0 Å². The minimum atomic E-state index is -4.42. The molecule has 0 aromatic heterocycles. The Balaban J connectivity index is 0.00000544. The highest BCUT2D eigenvalue weighted by molar-refractivity contribution is 5.85. The highest BCUT2D eigenvalue weighted by atomic mass is 35.5. The normalized spacial score (nSPS) is 12.9. The Bertz CT molecular complexity index is 792. The van der Waals surface area contributed by atoms with Gasteiger partial charge in [-0.3, -0.25) is 0 Å². The van der Waals surface area contributed by atoms with Crippen LogP contribution in [0.3, 0.4) is 0 Å². The summed E-state index contributed by atoms with van der Waals surface area (Å²) in [5.41, 5.74) is 0.624. The largest absolute Gasteiger partial charge is 0.494 e. The van der Waals surface area contributed by atoms with E-state index in [0.717, 1.165) is 49.3 Å². The molecule has 0 aliphatic heterocycles. The van der Waals surface area contributed by atoms with E-state index in [-0.39, 0.29) is 43.0 Å². The molecule has 0 saturated carbocycles. The summed E-state index contributed by atoms with van der Waals surface area (Å²) in [5.74, 6) is 0.851. The maximum atomic E-state index is 12.9. The number of hydrogen-bond donors (Lipinski definition) is 3. The van der Waals surface area contributed by atoms with Gasteiger partial charge in [-0.1, -0.05) is 37.1 Å². The van der Waals surface area contributed by atoms with Crippen LogP contribution in [0.2, 0.25) is 0 Å². The van der Waals surface area contributed by atoms with Gasteiger partial charge in [-0.2, -0.15) is 13.2 Å². The molecule has 0 radical (unpaired) electrons. The Morgan fingerprint density at radius 3 is 2.29 bits per heavy atom. The number of hydrogen-bond acceptors (Lipinski definition) is 4. The minimum absolute atomic E-state index is 0. The summed E-state index contributed by atoms with van der Waals surface area (Å²) in [6.07, 6.45) is -0.0886. The van der Waals surface area contributed by atoms with Crippen LogP contribution in [0.15, 0.2) is 48.5 Å². The first-order valence-electron chi connectivity index (χ1n) is 11.2. The molecule has 3 N–H and O–H groups in total. The lowest BCUT2D eigenvalue weighted by molar-refractivity contribution is -0.137. The molecule has 0 spiro atoms. The molecule has 0 saturated heterocycles. The zero-order chi connectivity index (χ0) is 23.4. The molecule has 4 nitrogen and oxygen atoms in total. The van der Waals surface area contributed by atoms with Crippen molar-refractivity contribution >= 4 is 24.8 Å². The number of ether oxygens (including phenoxy) is 1. The number of aliphatic hydroxyl groups excluding tert-OH is 1. The summed E-state index contributed by atoms with van der Waals surface area (Å²) in [4.78, 5) is 0. The standard InChI is InChI=1S/C25H35F3N2O2.2ClH/c1-19(30-18-24(31)21-8-7-9-22(17-21)25(26,27)28)16-20-10-12-23(13-11-20)32-15-6-4-3-5-14-29-2;;/h7-13,17,19,24,29-31H,3-6,14-16,18H2,1-2H3;2*1H. The second-order valence-corrected chi connectivity index (χ2v) is 8.16. The maximum absolute atomic E-state index is 12.9. The highest BCUT2D eigenvalue weighted by Gasteiger charge is 2.30. The number of halogens is 5. The quantitative estimate of drug-likeness (QED) is 0.267. The summed E-state index contributed by atoms with van der Waals surface area (Å²) in [5, 5.41) is 16.6. The molecule has 0 bridgehead atoms. The molecule has 0 heterocycles. The van der Waals surface area contributed by atoms with Crippen molar-refractivity contribution in [2.24, 2.45) is 0 Å². The fourth-order valence-corrected chi connectivity index (χ4v) is 3.45. The van der Waals surface area contributed by atoms with Crippen LogP contribution in [0.1, 0.15) is 55.4 Å². The van der Waals surface area contributed by atoms with Gasteiger partial charge in [-0.05, 0) is 75.2 Å². The van der Waals surface area contributed by atoms with Crippen molar-refractivity contribution < 1.29 is 23.0 Å². The third-order valence-electron chi connectivity index (χ3n) is 5.31. The van der Waals surface area contributed by atoms with Crippen LogP contribution in [0.5, 0.6) is 5.75 Å². The molecule has 34 heavy (non-hydrogen) atoms. The first-order valence-corrected chi connectivity index (χ1v) is 11.2. The summed E-state index contributed by atoms with van der Waals surface area (Å²) in [6.45, 7) is 3.93. The van der Waals surface area contributed by atoms with E-state index < -0.39 is 17.8 Å². The molecule has 0 fully saturated rings. The van der Waals surface area contributed by atoms with Crippen molar-refractivity contribution in [3.8, 4) is 5.75 Å². The van der Waals surface area contributed by atoms with Crippen molar-refractivity contribution in [1.29, 1.82) is 0 Å². The lowest BCUT2D eigenvalue weighted by atomic mass is 10.0. The smallest absolute Gasteiger partial charge is 0.416 e. The summed E-state index contributed by atoms with van der Waals surface area (Å²) >= 11 is 0. The number of unbranched alkanes of at least 4 members (excludes halogenated alkanes) is 3. The number of nitrogens with one attached hydrogen (secondary N) is 2. The molecule has 0 amide bonds.